The number of ether oxygens (including phenoxy) is 2. The van der Waals surface area contributed by atoms with Crippen LogP contribution in [0.5, 0.6) is 17.4 Å². The highest BCUT2D eigenvalue weighted by Gasteiger charge is 2.08. The fraction of sp³-hybridized carbons (Fsp3) is 0.273. The first-order valence-corrected chi connectivity index (χ1v) is 10.00. The van der Waals surface area contributed by atoms with Crippen LogP contribution in [0.1, 0.15) is 6.42 Å². The Labute approximate surface area is 180 Å². The Bertz CT molecular complexity index is 1140. The normalized spacial score (nSPS) is 11.1. The fourth-order valence-electron chi connectivity index (χ4n) is 3.01. The van der Waals surface area contributed by atoms with Crippen LogP contribution in [-0.4, -0.2) is 56.9 Å². The number of nitrogens with one attached hydrogen (secondary N) is 1. The molecule has 4 aromatic rings. The van der Waals surface area contributed by atoms with Crippen molar-refractivity contribution in [1.82, 2.24) is 29.6 Å². The van der Waals surface area contributed by atoms with Gasteiger partial charge in [-0.3, -0.25) is 4.68 Å². The van der Waals surface area contributed by atoms with Crippen molar-refractivity contribution in [3.05, 3.63) is 55.1 Å². The quantitative estimate of drug-likeness (QED) is 0.412. The molecule has 0 aliphatic heterocycles. The molecular formula is C22H25N7O2. The van der Waals surface area contributed by atoms with Gasteiger partial charge in [-0.1, -0.05) is 0 Å². The van der Waals surface area contributed by atoms with Crippen molar-refractivity contribution in [1.29, 1.82) is 0 Å². The van der Waals surface area contributed by atoms with Crippen LogP contribution >= 0.6 is 0 Å². The third-order valence-electron chi connectivity index (χ3n) is 4.52. The predicted molar refractivity (Wildman–Crippen MR) is 119 cm³/mol. The highest BCUT2D eigenvalue weighted by atomic mass is 16.5. The summed E-state index contributed by atoms with van der Waals surface area (Å²) in [5.41, 5.74) is 0.801. The molecule has 0 amide bonds. The Morgan fingerprint density at radius 3 is 2.65 bits per heavy atom. The highest BCUT2D eigenvalue weighted by Crippen LogP contribution is 2.28. The van der Waals surface area contributed by atoms with E-state index in [-0.39, 0.29) is 0 Å². The number of hydrogen-bond acceptors (Lipinski definition) is 8. The summed E-state index contributed by atoms with van der Waals surface area (Å²) >= 11 is 0. The van der Waals surface area contributed by atoms with Crippen LogP contribution in [-0.2, 0) is 7.05 Å². The molecule has 1 N–H and O–H groups in total. The van der Waals surface area contributed by atoms with Gasteiger partial charge in [-0.05, 0) is 44.8 Å². The molecule has 9 nitrogen and oxygen atoms in total. The number of benzene rings is 1. The van der Waals surface area contributed by atoms with Crippen LogP contribution in [0.3, 0.4) is 0 Å². The van der Waals surface area contributed by atoms with E-state index >= 15 is 0 Å². The number of nitrogens with zero attached hydrogens (tertiary/aromatic N) is 6. The first kappa shape index (κ1) is 20.5. The summed E-state index contributed by atoms with van der Waals surface area (Å²) in [5, 5.41) is 8.39. The average Bonchev–Trinajstić information content (AvgIpc) is 3.17. The summed E-state index contributed by atoms with van der Waals surface area (Å²) in [7, 11) is 5.96. The summed E-state index contributed by atoms with van der Waals surface area (Å²) in [6, 6.07) is 11.2. The minimum absolute atomic E-state index is 0.482. The minimum Gasteiger partial charge on any atom is -0.492 e. The maximum absolute atomic E-state index is 5.93. The third kappa shape index (κ3) is 5.46. The first-order chi connectivity index (χ1) is 15.1. The van der Waals surface area contributed by atoms with Gasteiger partial charge in [0.15, 0.2) is 5.82 Å². The molecule has 0 radical (unpaired) electrons. The van der Waals surface area contributed by atoms with Gasteiger partial charge in [0.2, 0.25) is 5.88 Å². The highest BCUT2D eigenvalue weighted by molar-refractivity contribution is 5.91. The van der Waals surface area contributed by atoms with E-state index in [0.29, 0.717) is 29.9 Å². The lowest BCUT2D eigenvalue weighted by molar-refractivity contribution is 0.280. The van der Waals surface area contributed by atoms with E-state index in [1.807, 2.05) is 57.7 Å². The van der Waals surface area contributed by atoms with Crippen molar-refractivity contribution in [3.8, 4) is 17.4 Å². The molecule has 0 saturated carbocycles. The Morgan fingerprint density at radius 1 is 1.03 bits per heavy atom. The lowest BCUT2D eigenvalue weighted by atomic mass is 10.2. The Hall–Kier alpha value is -3.72. The van der Waals surface area contributed by atoms with E-state index in [1.54, 1.807) is 16.9 Å². The zero-order valence-electron chi connectivity index (χ0n) is 17.8. The number of aromatic nitrogens is 5. The van der Waals surface area contributed by atoms with Gasteiger partial charge in [-0.2, -0.15) is 5.10 Å². The van der Waals surface area contributed by atoms with E-state index in [1.165, 1.54) is 6.33 Å². The SMILES string of the molecule is CN(C)CCCOc1ccc(Oc2ccc3ncnc(Nc4ccn(C)n4)c3c2)nc1. The average molecular weight is 419 g/mol. The van der Waals surface area contributed by atoms with Crippen LogP contribution in [0.25, 0.3) is 10.9 Å². The molecule has 3 aromatic heterocycles. The van der Waals surface area contributed by atoms with Crippen molar-refractivity contribution in [2.24, 2.45) is 7.05 Å². The van der Waals surface area contributed by atoms with Gasteiger partial charge >= 0.3 is 0 Å². The molecule has 0 spiro atoms. The first-order valence-electron chi connectivity index (χ1n) is 10.00. The van der Waals surface area contributed by atoms with Crippen molar-refractivity contribution >= 4 is 22.5 Å². The monoisotopic (exact) mass is 419 g/mol. The molecule has 0 aliphatic rings. The summed E-state index contributed by atoms with van der Waals surface area (Å²) in [6.07, 6.45) is 6.01. The molecule has 0 fully saturated rings. The van der Waals surface area contributed by atoms with Crippen LogP contribution in [0.15, 0.2) is 55.1 Å². The van der Waals surface area contributed by atoms with Crippen molar-refractivity contribution in [2.45, 2.75) is 6.42 Å². The molecule has 9 heteroatoms. The molecule has 0 unspecified atom stereocenters. The van der Waals surface area contributed by atoms with Gasteiger partial charge in [0, 0.05) is 37.3 Å². The summed E-state index contributed by atoms with van der Waals surface area (Å²) in [4.78, 5) is 15.2. The summed E-state index contributed by atoms with van der Waals surface area (Å²) in [6.45, 7) is 1.63. The lowest BCUT2D eigenvalue weighted by Crippen LogP contribution is -2.15. The summed E-state index contributed by atoms with van der Waals surface area (Å²) < 4.78 is 13.4. The second-order valence-electron chi connectivity index (χ2n) is 7.34. The Balaban J connectivity index is 1.45. The molecule has 0 saturated heterocycles. The van der Waals surface area contributed by atoms with E-state index < -0.39 is 0 Å². The van der Waals surface area contributed by atoms with Gasteiger partial charge in [0.1, 0.15) is 23.6 Å². The van der Waals surface area contributed by atoms with Crippen LogP contribution in [0, 0.1) is 0 Å². The van der Waals surface area contributed by atoms with E-state index in [4.69, 9.17) is 9.47 Å². The maximum atomic E-state index is 5.93. The smallest absolute Gasteiger partial charge is 0.219 e. The molecule has 160 valence electrons. The zero-order chi connectivity index (χ0) is 21.6. The summed E-state index contributed by atoms with van der Waals surface area (Å²) in [5.74, 6) is 3.20. The topological polar surface area (TPSA) is 90.2 Å². The van der Waals surface area contributed by atoms with Gasteiger partial charge in [-0.15, -0.1) is 0 Å². The van der Waals surface area contributed by atoms with Crippen LogP contribution in [0.4, 0.5) is 11.6 Å². The van der Waals surface area contributed by atoms with Crippen LogP contribution < -0.4 is 14.8 Å². The molecular weight excluding hydrogens is 394 g/mol. The van der Waals surface area contributed by atoms with Crippen molar-refractivity contribution in [3.63, 3.8) is 0 Å². The van der Waals surface area contributed by atoms with Gasteiger partial charge in [-0.25, -0.2) is 15.0 Å². The van der Waals surface area contributed by atoms with Crippen LogP contribution in [0.2, 0.25) is 0 Å². The number of hydrogen-bond donors (Lipinski definition) is 1. The van der Waals surface area contributed by atoms with E-state index in [2.05, 4.69) is 30.3 Å². The second-order valence-corrected chi connectivity index (χ2v) is 7.34. The van der Waals surface area contributed by atoms with Crippen molar-refractivity contribution < 1.29 is 9.47 Å². The predicted octanol–water partition coefficient (Wildman–Crippen LogP) is 3.62. The molecule has 1 aromatic carbocycles. The zero-order valence-corrected chi connectivity index (χ0v) is 17.8. The molecule has 0 bridgehead atoms. The molecule has 0 atom stereocenters. The van der Waals surface area contributed by atoms with E-state index in [9.17, 15) is 0 Å². The van der Waals surface area contributed by atoms with Crippen molar-refractivity contribution in [2.75, 3.05) is 32.6 Å². The lowest BCUT2D eigenvalue weighted by Gasteiger charge is -2.11. The number of rotatable bonds is 9. The molecule has 4 rings (SSSR count). The van der Waals surface area contributed by atoms with E-state index in [0.717, 1.165) is 29.6 Å². The molecule has 3 heterocycles. The largest absolute Gasteiger partial charge is 0.492 e. The number of aryl methyl sites for hydroxylation is 1. The second kappa shape index (κ2) is 9.40. The number of anilines is 2. The van der Waals surface area contributed by atoms with Gasteiger partial charge in [0.25, 0.3) is 0 Å². The Kier molecular flexibility index (Phi) is 6.23. The maximum Gasteiger partial charge on any atom is 0.219 e. The van der Waals surface area contributed by atoms with Gasteiger partial charge in [0.05, 0.1) is 18.3 Å². The Morgan fingerprint density at radius 2 is 1.90 bits per heavy atom. The minimum atomic E-state index is 0.482. The molecule has 0 aliphatic carbocycles. The third-order valence-corrected chi connectivity index (χ3v) is 4.52. The standard InChI is InChI=1S/C22H25N7O2/c1-28(2)10-4-12-30-17-6-8-21(23-14-17)31-16-5-7-19-18(13-16)22(25-15-24-19)26-20-9-11-29(3)27-20/h5-9,11,13-15H,4,10,12H2,1-3H3,(H,24,25,26,27). The molecule has 31 heavy (non-hydrogen) atoms. The fourth-order valence-corrected chi connectivity index (χ4v) is 3.01. The van der Waals surface area contributed by atoms with Gasteiger partial charge < -0.3 is 19.7 Å². The number of pyridine rings is 1. The number of fused-ring (bicyclic) bond motifs is 1.